The van der Waals surface area contributed by atoms with Crippen molar-refractivity contribution in [2.24, 2.45) is 5.92 Å². The molecule has 1 aliphatic heterocycles. The SMILES string of the molecule is OC(c1sccc1Br)[C@H]1CCNC1. The Bertz CT molecular complexity index is 283. The summed E-state index contributed by atoms with van der Waals surface area (Å²) in [6, 6.07) is 1.99. The minimum atomic E-state index is -0.302. The molecule has 2 atom stereocenters. The van der Waals surface area contributed by atoms with Crippen molar-refractivity contribution >= 4 is 27.3 Å². The van der Waals surface area contributed by atoms with Crippen molar-refractivity contribution in [1.82, 2.24) is 5.32 Å². The summed E-state index contributed by atoms with van der Waals surface area (Å²) in [7, 11) is 0. The van der Waals surface area contributed by atoms with Crippen LogP contribution in [0.15, 0.2) is 15.9 Å². The molecule has 1 aromatic rings. The van der Waals surface area contributed by atoms with Gasteiger partial charge in [0.05, 0.1) is 6.10 Å². The van der Waals surface area contributed by atoms with Gasteiger partial charge in [0.25, 0.3) is 0 Å². The normalized spacial score (nSPS) is 24.9. The molecule has 2 heterocycles. The van der Waals surface area contributed by atoms with E-state index in [9.17, 15) is 5.11 Å². The third-order valence-electron chi connectivity index (χ3n) is 2.46. The van der Waals surface area contributed by atoms with Crippen LogP contribution < -0.4 is 5.32 Å². The van der Waals surface area contributed by atoms with Gasteiger partial charge < -0.3 is 10.4 Å². The Hall–Kier alpha value is 0.1000. The topological polar surface area (TPSA) is 32.3 Å². The van der Waals surface area contributed by atoms with Gasteiger partial charge in [-0.2, -0.15) is 0 Å². The highest BCUT2D eigenvalue weighted by atomic mass is 79.9. The lowest BCUT2D eigenvalue weighted by Crippen LogP contribution is -2.15. The van der Waals surface area contributed by atoms with Crippen molar-refractivity contribution in [2.75, 3.05) is 13.1 Å². The first-order valence-corrected chi connectivity index (χ1v) is 6.08. The monoisotopic (exact) mass is 261 g/mol. The number of aliphatic hydroxyl groups is 1. The fraction of sp³-hybridized carbons (Fsp3) is 0.556. The van der Waals surface area contributed by atoms with Gasteiger partial charge in [-0.05, 0) is 40.3 Å². The summed E-state index contributed by atoms with van der Waals surface area (Å²) in [5, 5.41) is 15.3. The number of rotatable bonds is 2. The number of aliphatic hydroxyl groups excluding tert-OH is 1. The third kappa shape index (κ3) is 1.96. The molecule has 72 valence electrons. The number of hydrogen-bond donors (Lipinski definition) is 2. The number of halogens is 1. The molecule has 4 heteroatoms. The van der Waals surface area contributed by atoms with Gasteiger partial charge in [0, 0.05) is 21.8 Å². The molecule has 0 radical (unpaired) electrons. The van der Waals surface area contributed by atoms with E-state index in [2.05, 4.69) is 21.2 Å². The minimum absolute atomic E-state index is 0.302. The van der Waals surface area contributed by atoms with E-state index in [0.717, 1.165) is 28.9 Å². The van der Waals surface area contributed by atoms with E-state index >= 15 is 0 Å². The lowest BCUT2D eigenvalue weighted by molar-refractivity contribution is 0.121. The second kappa shape index (κ2) is 4.09. The Morgan fingerprint density at radius 1 is 1.69 bits per heavy atom. The molecule has 0 saturated carbocycles. The molecular weight excluding hydrogens is 250 g/mol. The molecule has 13 heavy (non-hydrogen) atoms. The van der Waals surface area contributed by atoms with Gasteiger partial charge in [0.2, 0.25) is 0 Å². The minimum Gasteiger partial charge on any atom is -0.387 e. The first kappa shape index (κ1) is 9.65. The molecule has 1 fully saturated rings. The average molecular weight is 262 g/mol. The van der Waals surface area contributed by atoms with Gasteiger partial charge in [-0.1, -0.05) is 0 Å². The molecule has 0 spiro atoms. The zero-order chi connectivity index (χ0) is 9.26. The van der Waals surface area contributed by atoms with Crippen LogP contribution in [0, 0.1) is 5.92 Å². The van der Waals surface area contributed by atoms with Crippen LogP contribution in [0.5, 0.6) is 0 Å². The average Bonchev–Trinajstić information content (AvgIpc) is 2.72. The molecular formula is C9H12BrNOS. The van der Waals surface area contributed by atoms with E-state index in [-0.39, 0.29) is 6.10 Å². The smallest absolute Gasteiger partial charge is 0.0933 e. The molecule has 1 aliphatic rings. The highest BCUT2D eigenvalue weighted by molar-refractivity contribution is 9.10. The second-order valence-electron chi connectivity index (χ2n) is 3.33. The maximum absolute atomic E-state index is 10.0. The molecule has 2 rings (SSSR count). The summed E-state index contributed by atoms with van der Waals surface area (Å²) in [5.74, 6) is 0.384. The first-order valence-electron chi connectivity index (χ1n) is 4.40. The molecule has 1 unspecified atom stereocenters. The molecule has 0 aromatic carbocycles. The van der Waals surface area contributed by atoms with E-state index in [1.54, 1.807) is 11.3 Å². The summed E-state index contributed by atoms with van der Waals surface area (Å²) >= 11 is 5.06. The van der Waals surface area contributed by atoms with Gasteiger partial charge in [-0.25, -0.2) is 0 Å². The Kier molecular flexibility index (Phi) is 3.03. The van der Waals surface area contributed by atoms with E-state index in [1.807, 2.05) is 11.4 Å². The van der Waals surface area contributed by atoms with Gasteiger partial charge in [0.15, 0.2) is 0 Å². The summed E-state index contributed by atoms with van der Waals surface area (Å²) in [4.78, 5) is 1.06. The maximum atomic E-state index is 10.0. The second-order valence-corrected chi connectivity index (χ2v) is 5.13. The zero-order valence-corrected chi connectivity index (χ0v) is 9.57. The number of hydrogen-bond acceptors (Lipinski definition) is 3. The van der Waals surface area contributed by atoms with Crippen molar-refractivity contribution in [3.05, 3.63) is 20.8 Å². The van der Waals surface area contributed by atoms with Crippen molar-refractivity contribution in [3.63, 3.8) is 0 Å². The van der Waals surface area contributed by atoms with E-state index in [1.165, 1.54) is 0 Å². The first-order chi connectivity index (χ1) is 6.29. The van der Waals surface area contributed by atoms with Crippen LogP contribution in [0.3, 0.4) is 0 Å². The fourth-order valence-corrected chi connectivity index (χ4v) is 3.36. The van der Waals surface area contributed by atoms with Crippen LogP contribution in [0.2, 0.25) is 0 Å². The highest BCUT2D eigenvalue weighted by Gasteiger charge is 2.26. The van der Waals surface area contributed by atoms with E-state index in [4.69, 9.17) is 0 Å². The molecule has 1 saturated heterocycles. The molecule has 0 aliphatic carbocycles. The Balaban J connectivity index is 2.12. The molecule has 0 amide bonds. The van der Waals surface area contributed by atoms with Crippen LogP contribution in [0.4, 0.5) is 0 Å². The molecule has 2 nitrogen and oxygen atoms in total. The molecule has 1 aromatic heterocycles. The standard InChI is InChI=1S/C9H12BrNOS/c10-7-2-4-13-9(7)8(12)6-1-3-11-5-6/h2,4,6,8,11-12H,1,3,5H2/t6-,8?/m0/s1. The summed E-state index contributed by atoms with van der Waals surface area (Å²) in [6.45, 7) is 1.97. The predicted octanol–water partition coefficient (Wildman–Crippen LogP) is 2.15. The molecule has 0 bridgehead atoms. The van der Waals surface area contributed by atoms with Crippen LogP contribution in [0.1, 0.15) is 17.4 Å². The van der Waals surface area contributed by atoms with Crippen molar-refractivity contribution < 1.29 is 5.11 Å². The Labute approximate surface area is 90.1 Å². The lowest BCUT2D eigenvalue weighted by atomic mass is 10.0. The maximum Gasteiger partial charge on any atom is 0.0933 e. The van der Waals surface area contributed by atoms with Gasteiger partial charge in [-0.3, -0.25) is 0 Å². The quantitative estimate of drug-likeness (QED) is 0.856. The largest absolute Gasteiger partial charge is 0.387 e. The Morgan fingerprint density at radius 2 is 2.54 bits per heavy atom. The van der Waals surface area contributed by atoms with E-state index < -0.39 is 0 Å². The zero-order valence-electron chi connectivity index (χ0n) is 7.16. The number of nitrogens with one attached hydrogen (secondary N) is 1. The summed E-state index contributed by atoms with van der Waals surface area (Å²) in [6.07, 6.45) is 0.773. The van der Waals surface area contributed by atoms with E-state index in [0.29, 0.717) is 5.92 Å². The molecule has 2 N–H and O–H groups in total. The lowest BCUT2D eigenvalue weighted by Gasteiger charge is -2.15. The van der Waals surface area contributed by atoms with Crippen molar-refractivity contribution in [3.8, 4) is 0 Å². The number of thiophene rings is 1. The van der Waals surface area contributed by atoms with Crippen LogP contribution in [-0.4, -0.2) is 18.2 Å². The highest BCUT2D eigenvalue weighted by Crippen LogP contribution is 2.35. The summed E-state index contributed by atoms with van der Waals surface area (Å²) < 4.78 is 1.04. The Morgan fingerprint density at radius 3 is 3.08 bits per heavy atom. The predicted molar refractivity (Wildman–Crippen MR) is 58.0 cm³/mol. The third-order valence-corrected chi connectivity index (χ3v) is 4.40. The van der Waals surface area contributed by atoms with Crippen LogP contribution in [-0.2, 0) is 0 Å². The van der Waals surface area contributed by atoms with Crippen LogP contribution >= 0.6 is 27.3 Å². The van der Waals surface area contributed by atoms with Crippen molar-refractivity contribution in [2.45, 2.75) is 12.5 Å². The van der Waals surface area contributed by atoms with Crippen LogP contribution in [0.25, 0.3) is 0 Å². The summed E-state index contributed by atoms with van der Waals surface area (Å²) in [5.41, 5.74) is 0. The van der Waals surface area contributed by atoms with Crippen molar-refractivity contribution in [1.29, 1.82) is 0 Å². The van der Waals surface area contributed by atoms with Gasteiger partial charge in [-0.15, -0.1) is 11.3 Å². The van der Waals surface area contributed by atoms with Gasteiger partial charge >= 0.3 is 0 Å². The fourth-order valence-electron chi connectivity index (χ4n) is 1.68. The van der Waals surface area contributed by atoms with Gasteiger partial charge in [0.1, 0.15) is 0 Å².